The lowest BCUT2D eigenvalue weighted by atomic mass is 10.2. The Kier molecular flexibility index (Phi) is 10.2. The van der Waals surface area contributed by atoms with Crippen LogP contribution in [0.5, 0.6) is 0 Å². The largest absolute Gasteiger partial charge is 0.356 e. The second-order valence-corrected chi connectivity index (χ2v) is 6.20. The minimum Gasteiger partial charge on any atom is -0.356 e. The number of hydrogen-bond acceptors (Lipinski definition) is 2. The average molecular weight is 535 g/mol. The van der Waals surface area contributed by atoms with Crippen LogP contribution < -0.4 is 16.0 Å². The number of nitrogens with one attached hydrogen (secondary N) is 3. The van der Waals surface area contributed by atoms with Crippen molar-refractivity contribution >= 4 is 57.5 Å². The Morgan fingerprint density at radius 3 is 2.35 bits per heavy atom. The quantitative estimate of drug-likeness (QED) is 0.299. The molecule has 5 nitrogen and oxygen atoms in total. The summed E-state index contributed by atoms with van der Waals surface area (Å²) in [4.78, 5) is 16.0. The van der Waals surface area contributed by atoms with E-state index in [2.05, 4.69) is 36.9 Å². The molecule has 26 heavy (non-hydrogen) atoms. The molecule has 0 saturated carbocycles. The first-order valence-electron chi connectivity index (χ1n) is 7.81. The number of halogens is 3. The fourth-order valence-electron chi connectivity index (χ4n) is 2.06. The van der Waals surface area contributed by atoms with Gasteiger partial charge in [0.25, 0.3) is 0 Å². The number of guanidine groups is 1. The minimum atomic E-state index is -0.261. The van der Waals surface area contributed by atoms with Crippen LogP contribution in [0.1, 0.15) is 12.0 Å². The third kappa shape index (κ3) is 8.13. The van der Waals surface area contributed by atoms with Crippen molar-refractivity contribution in [2.45, 2.75) is 13.0 Å². The van der Waals surface area contributed by atoms with Gasteiger partial charge in [-0.25, -0.2) is 4.39 Å². The van der Waals surface area contributed by atoms with E-state index in [9.17, 15) is 9.18 Å². The van der Waals surface area contributed by atoms with Gasteiger partial charge in [0, 0.05) is 36.7 Å². The van der Waals surface area contributed by atoms with Crippen LogP contribution in [0.25, 0.3) is 0 Å². The second kappa shape index (κ2) is 11.8. The summed E-state index contributed by atoms with van der Waals surface area (Å²) in [5, 5.41) is 9.02. The highest BCUT2D eigenvalue weighted by molar-refractivity contribution is 14.0. The van der Waals surface area contributed by atoms with Crippen LogP contribution >= 0.6 is 39.9 Å². The summed E-state index contributed by atoms with van der Waals surface area (Å²) in [7, 11) is 1.65. The van der Waals surface area contributed by atoms with Crippen molar-refractivity contribution in [1.29, 1.82) is 0 Å². The fourth-order valence-corrected chi connectivity index (χ4v) is 2.32. The van der Waals surface area contributed by atoms with Crippen molar-refractivity contribution in [3.05, 3.63) is 64.4 Å². The van der Waals surface area contributed by atoms with Gasteiger partial charge < -0.3 is 16.0 Å². The summed E-state index contributed by atoms with van der Waals surface area (Å²) < 4.78 is 13.8. The number of benzene rings is 2. The SMILES string of the molecule is CN=C(NCCC(=O)Nc1ccc(Br)cc1)NCc1ccc(F)cc1.I. The first-order valence-corrected chi connectivity index (χ1v) is 8.60. The van der Waals surface area contributed by atoms with Gasteiger partial charge in [0.05, 0.1) is 0 Å². The predicted octanol–water partition coefficient (Wildman–Crippen LogP) is 3.90. The molecule has 0 radical (unpaired) electrons. The third-order valence-corrected chi connectivity index (χ3v) is 3.90. The highest BCUT2D eigenvalue weighted by Gasteiger charge is 2.04. The van der Waals surface area contributed by atoms with Crippen LogP contribution in [-0.4, -0.2) is 25.5 Å². The van der Waals surface area contributed by atoms with Crippen molar-refractivity contribution in [1.82, 2.24) is 10.6 Å². The normalized spacial score (nSPS) is 10.7. The Bertz CT molecular complexity index is 723. The molecule has 0 fully saturated rings. The van der Waals surface area contributed by atoms with Gasteiger partial charge in [0.2, 0.25) is 5.91 Å². The lowest BCUT2D eigenvalue weighted by Crippen LogP contribution is -2.38. The molecule has 3 N–H and O–H groups in total. The first kappa shape index (κ1) is 22.4. The number of aliphatic imine (C=N–C) groups is 1. The lowest BCUT2D eigenvalue weighted by molar-refractivity contribution is -0.116. The van der Waals surface area contributed by atoms with E-state index in [4.69, 9.17) is 0 Å². The van der Waals surface area contributed by atoms with Gasteiger partial charge in [0.15, 0.2) is 5.96 Å². The van der Waals surface area contributed by atoms with Gasteiger partial charge in [0.1, 0.15) is 5.82 Å². The van der Waals surface area contributed by atoms with Gasteiger partial charge >= 0.3 is 0 Å². The molecule has 2 aromatic carbocycles. The van der Waals surface area contributed by atoms with Gasteiger partial charge in [-0.05, 0) is 42.0 Å². The van der Waals surface area contributed by atoms with E-state index in [1.165, 1.54) is 12.1 Å². The maximum absolute atomic E-state index is 12.9. The summed E-state index contributed by atoms with van der Waals surface area (Å²) in [6.07, 6.45) is 0.313. The third-order valence-electron chi connectivity index (χ3n) is 3.37. The molecule has 0 bridgehead atoms. The summed E-state index contributed by atoms with van der Waals surface area (Å²) in [5.41, 5.74) is 1.70. The topological polar surface area (TPSA) is 65.5 Å². The number of nitrogens with zero attached hydrogens (tertiary/aromatic N) is 1. The lowest BCUT2D eigenvalue weighted by Gasteiger charge is -2.12. The molecule has 0 unspecified atom stereocenters. The number of anilines is 1. The van der Waals surface area contributed by atoms with Crippen LogP contribution in [0.2, 0.25) is 0 Å². The summed E-state index contributed by atoms with van der Waals surface area (Å²) in [6, 6.07) is 13.7. The Morgan fingerprint density at radius 2 is 1.73 bits per heavy atom. The Hall–Kier alpha value is -1.68. The molecule has 8 heteroatoms. The number of rotatable bonds is 6. The Morgan fingerprint density at radius 1 is 1.08 bits per heavy atom. The van der Waals surface area contributed by atoms with Crippen LogP contribution in [-0.2, 0) is 11.3 Å². The van der Waals surface area contributed by atoms with E-state index in [0.29, 0.717) is 25.5 Å². The number of carbonyl (C=O) groups is 1. The first-order chi connectivity index (χ1) is 12.1. The zero-order chi connectivity index (χ0) is 18.1. The molecular formula is C18H21BrFIN4O. The molecule has 0 atom stereocenters. The standard InChI is InChI=1S/C18H20BrFN4O.HI/c1-21-18(23-12-13-2-6-15(20)7-3-13)22-11-10-17(25)24-16-8-4-14(19)5-9-16;/h2-9H,10-12H2,1H3,(H,24,25)(H2,21,22,23);1H. The van der Waals surface area contributed by atoms with Crippen molar-refractivity contribution in [3.8, 4) is 0 Å². The molecule has 0 aromatic heterocycles. The molecule has 0 aliphatic carbocycles. The molecule has 0 spiro atoms. The van der Waals surface area contributed by atoms with Crippen LogP contribution in [0.4, 0.5) is 10.1 Å². The predicted molar refractivity (Wildman–Crippen MR) is 117 cm³/mol. The van der Waals surface area contributed by atoms with Gasteiger partial charge in [-0.2, -0.15) is 0 Å². The summed E-state index contributed by atoms with van der Waals surface area (Å²) in [6.45, 7) is 0.969. The second-order valence-electron chi connectivity index (χ2n) is 5.28. The molecule has 1 amide bonds. The highest BCUT2D eigenvalue weighted by Crippen LogP contribution is 2.14. The maximum Gasteiger partial charge on any atom is 0.226 e. The Balaban J connectivity index is 0.00000338. The molecule has 0 saturated heterocycles. The van der Waals surface area contributed by atoms with Gasteiger partial charge in [-0.15, -0.1) is 24.0 Å². The van der Waals surface area contributed by atoms with Crippen molar-refractivity contribution < 1.29 is 9.18 Å². The minimum absolute atomic E-state index is 0. The zero-order valence-corrected chi connectivity index (χ0v) is 18.2. The molecule has 2 rings (SSSR count). The van der Waals surface area contributed by atoms with Gasteiger partial charge in [-0.1, -0.05) is 28.1 Å². The average Bonchev–Trinajstić information content (AvgIpc) is 2.61. The van der Waals surface area contributed by atoms with E-state index in [1.54, 1.807) is 19.2 Å². The van der Waals surface area contributed by atoms with Crippen molar-refractivity contribution in [3.63, 3.8) is 0 Å². The monoisotopic (exact) mass is 534 g/mol. The van der Waals surface area contributed by atoms with E-state index in [0.717, 1.165) is 15.7 Å². The number of hydrogen-bond donors (Lipinski definition) is 3. The Labute approximate surface area is 178 Å². The number of amides is 1. The van der Waals surface area contributed by atoms with E-state index < -0.39 is 0 Å². The van der Waals surface area contributed by atoms with E-state index in [-0.39, 0.29) is 35.7 Å². The molecule has 140 valence electrons. The highest BCUT2D eigenvalue weighted by atomic mass is 127. The molecular weight excluding hydrogens is 514 g/mol. The zero-order valence-electron chi connectivity index (χ0n) is 14.3. The van der Waals surface area contributed by atoms with Crippen LogP contribution in [0, 0.1) is 5.82 Å². The molecule has 2 aromatic rings. The molecule has 0 aliphatic rings. The van der Waals surface area contributed by atoms with Gasteiger partial charge in [-0.3, -0.25) is 9.79 Å². The fraction of sp³-hybridized carbons (Fsp3) is 0.222. The van der Waals surface area contributed by atoms with Crippen LogP contribution in [0.3, 0.4) is 0 Å². The molecule has 0 aliphatic heterocycles. The molecule has 0 heterocycles. The van der Waals surface area contributed by atoms with E-state index >= 15 is 0 Å². The smallest absolute Gasteiger partial charge is 0.226 e. The van der Waals surface area contributed by atoms with E-state index in [1.807, 2.05) is 24.3 Å². The van der Waals surface area contributed by atoms with Crippen molar-refractivity contribution in [2.75, 3.05) is 18.9 Å². The number of carbonyl (C=O) groups excluding carboxylic acids is 1. The summed E-state index contributed by atoms with van der Waals surface area (Å²) in [5.74, 6) is 0.243. The van der Waals surface area contributed by atoms with Crippen molar-refractivity contribution in [2.24, 2.45) is 4.99 Å². The summed E-state index contributed by atoms with van der Waals surface area (Å²) >= 11 is 3.35. The van der Waals surface area contributed by atoms with Crippen LogP contribution in [0.15, 0.2) is 58.0 Å². The maximum atomic E-state index is 12.9.